The molecule has 0 radical (unpaired) electrons. The van der Waals surface area contributed by atoms with Crippen LogP contribution in [-0.4, -0.2) is 15.5 Å². The molecule has 7 nitrogen and oxygen atoms in total. The van der Waals surface area contributed by atoms with Crippen LogP contribution in [0.1, 0.15) is 24.5 Å². The molecule has 0 aliphatic rings. The molecule has 1 unspecified atom stereocenters. The predicted octanol–water partition coefficient (Wildman–Crippen LogP) is 0.315. The largest absolute Gasteiger partial charge is 0.464 e. The number of hydrogen-bond acceptors (Lipinski definition) is 4. The van der Waals surface area contributed by atoms with Gasteiger partial charge >= 0.3 is 5.69 Å². The van der Waals surface area contributed by atoms with Gasteiger partial charge in [-0.3, -0.25) is 19.1 Å². The molecule has 2 rings (SSSR count). The number of hydrogen-bond donors (Lipinski definition) is 2. The Morgan fingerprint density at radius 2 is 2.15 bits per heavy atom. The fraction of sp³-hybridized carbons (Fsp3) is 0.308. The molecule has 106 valence electrons. The van der Waals surface area contributed by atoms with E-state index in [1.54, 1.807) is 13.0 Å². The van der Waals surface area contributed by atoms with E-state index >= 15 is 0 Å². The molecule has 2 heterocycles. The van der Waals surface area contributed by atoms with Crippen molar-refractivity contribution < 1.29 is 9.21 Å². The monoisotopic (exact) mass is 277 g/mol. The summed E-state index contributed by atoms with van der Waals surface area (Å²) in [5.74, 6) is 1.06. The van der Waals surface area contributed by atoms with E-state index < -0.39 is 11.2 Å². The first-order chi connectivity index (χ1) is 9.45. The molecule has 0 aromatic carbocycles. The molecule has 1 amide bonds. The molecule has 0 saturated carbocycles. The summed E-state index contributed by atoms with van der Waals surface area (Å²) < 4.78 is 6.53. The van der Waals surface area contributed by atoms with Crippen LogP contribution < -0.4 is 16.6 Å². The number of aromatic nitrogens is 2. The lowest BCUT2D eigenvalue weighted by molar-refractivity contribution is -0.122. The summed E-state index contributed by atoms with van der Waals surface area (Å²) in [6, 6.07) is 4.49. The van der Waals surface area contributed by atoms with E-state index in [4.69, 9.17) is 4.42 Å². The fourth-order valence-electron chi connectivity index (χ4n) is 1.77. The maximum atomic E-state index is 11.8. The zero-order valence-corrected chi connectivity index (χ0v) is 11.2. The Kier molecular flexibility index (Phi) is 3.88. The number of furan rings is 1. The molecule has 20 heavy (non-hydrogen) atoms. The zero-order valence-electron chi connectivity index (χ0n) is 11.2. The number of rotatable bonds is 4. The third-order valence-corrected chi connectivity index (χ3v) is 2.78. The minimum Gasteiger partial charge on any atom is -0.464 e. The number of amides is 1. The van der Waals surface area contributed by atoms with E-state index in [1.807, 2.05) is 13.0 Å². The Morgan fingerprint density at radius 1 is 1.40 bits per heavy atom. The molecule has 0 aliphatic heterocycles. The Hall–Kier alpha value is -2.57. The summed E-state index contributed by atoms with van der Waals surface area (Å²) in [5.41, 5.74) is -1.11. The molecule has 0 fully saturated rings. The van der Waals surface area contributed by atoms with Crippen LogP contribution in [-0.2, 0) is 11.3 Å². The molecule has 2 aromatic rings. The van der Waals surface area contributed by atoms with Crippen molar-refractivity contribution in [3.8, 4) is 0 Å². The van der Waals surface area contributed by atoms with E-state index in [0.29, 0.717) is 5.76 Å². The normalized spacial score (nSPS) is 12.1. The summed E-state index contributed by atoms with van der Waals surface area (Å²) in [7, 11) is 0. The Balaban J connectivity index is 2.02. The van der Waals surface area contributed by atoms with Crippen molar-refractivity contribution in [3.05, 3.63) is 56.8 Å². The summed E-state index contributed by atoms with van der Waals surface area (Å²) in [4.78, 5) is 36.3. The fourth-order valence-corrected chi connectivity index (χ4v) is 1.77. The first-order valence-corrected chi connectivity index (χ1v) is 6.11. The van der Waals surface area contributed by atoms with Gasteiger partial charge < -0.3 is 9.73 Å². The van der Waals surface area contributed by atoms with Crippen LogP contribution in [0.3, 0.4) is 0 Å². The maximum Gasteiger partial charge on any atom is 0.328 e. The van der Waals surface area contributed by atoms with Crippen molar-refractivity contribution >= 4 is 5.91 Å². The van der Waals surface area contributed by atoms with Crippen LogP contribution in [0.5, 0.6) is 0 Å². The second-order valence-electron chi connectivity index (χ2n) is 4.48. The van der Waals surface area contributed by atoms with Crippen molar-refractivity contribution in [3.63, 3.8) is 0 Å². The molecular weight excluding hydrogens is 262 g/mol. The lowest BCUT2D eigenvalue weighted by Gasteiger charge is -2.12. The Bertz CT molecular complexity index is 725. The third kappa shape index (κ3) is 3.25. The average molecular weight is 277 g/mol. The molecule has 7 heteroatoms. The topological polar surface area (TPSA) is 97.1 Å². The van der Waals surface area contributed by atoms with Gasteiger partial charge in [0.05, 0.1) is 6.04 Å². The molecule has 0 spiro atoms. The quantitative estimate of drug-likeness (QED) is 0.840. The highest BCUT2D eigenvalue weighted by molar-refractivity contribution is 5.76. The highest BCUT2D eigenvalue weighted by atomic mass is 16.3. The van der Waals surface area contributed by atoms with E-state index in [-0.39, 0.29) is 18.5 Å². The van der Waals surface area contributed by atoms with Gasteiger partial charge in [-0.25, -0.2) is 4.79 Å². The molecular formula is C13H15N3O4. The first-order valence-electron chi connectivity index (χ1n) is 6.11. The van der Waals surface area contributed by atoms with Crippen molar-refractivity contribution in [2.45, 2.75) is 26.4 Å². The number of nitrogens with zero attached hydrogens (tertiary/aromatic N) is 1. The number of H-pyrrole nitrogens is 1. The maximum absolute atomic E-state index is 11.8. The van der Waals surface area contributed by atoms with E-state index in [9.17, 15) is 14.4 Å². The third-order valence-electron chi connectivity index (χ3n) is 2.78. The van der Waals surface area contributed by atoms with Crippen LogP contribution in [0.25, 0.3) is 0 Å². The highest BCUT2D eigenvalue weighted by Gasteiger charge is 2.13. The first kappa shape index (κ1) is 13.9. The van der Waals surface area contributed by atoms with E-state index in [0.717, 1.165) is 10.3 Å². The molecule has 0 bridgehead atoms. The van der Waals surface area contributed by atoms with Gasteiger partial charge in [-0.05, 0) is 26.0 Å². The average Bonchev–Trinajstić information content (AvgIpc) is 2.79. The van der Waals surface area contributed by atoms with Crippen molar-refractivity contribution in [2.24, 2.45) is 0 Å². The lowest BCUT2D eigenvalue weighted by atomic mass is 10.2. The number of carbonyl (C=O) groups is 1. The van der Waals surface area contributed by atoms with Gasteiger partial charge in [-0.2, -0.15) is 0 Å². The van der Waals surface area contributed by atoms with Gasteiger partial charge in [-0.1, -0.05) is 0 Å². The van der Waals surface area contributed by atoms with Crippen LogP contribution in [0.15, 0.2) is 38.4 Å². The van der Waals surface area contributed by atoms with Gasteiger partial charge in [0.2, 0.25) is 5.91 Å². The van der Waals surface area contributed by atoms with Crippen LogP contribution in [0.4, 0.5) is 0 Å². The van der Waals surface area contributed by atoms with Crippen molar-refractivity contribution in [1.82, 2.24) is 14.9 Å². The Labute approximate surface area is 114 Å². The molecule has 1 atom stereocenters. The lowest BCUT2D eigenvalue weighted by Crippen LogP contribution is -2.36. The number of aryl methyl sites for hydroxylation is 1. The van der Waals surface area contributed by atoms with Crippen molar-refractivity contribution in [1.29, 1.82) is 0 Å². The van der Waals surface area contributed by atoms with Gasteiger partial charge in [0.15, 0.2) is 0 Å². The van der Waals surface area contributed by atoms with Crippen LogP contribution in [0, 0.1) is 6.92 Å². The summed E-state index contributed by atoms with van der Waals surface area (Å²) >= 11 is 0. The summed E-state index contributed by atoms with van der Waals surface area (Å²) in [5, 5.41) is 2.72. The van der Waals surface area contributed by atoms with Crippen LogP contribution >= 0.6 is 0 Å². The standard InChI is InChI=1S/C13H15N3O4/c1-8-3-4-10(20-8)9(2)14-12(18)7-16-6-5-11(17)15-13(16)19/h3-6,9H,7H2,1-2H3,(H,14,18)(H,15,17,19). The minimum absolute atomic E-state index is 0.167. The smallest absolute Gasteiger partial charge is 0.328 e. The number of nitrogens with one attached hydrogen (secondary N) is 2. The molecule has 2 aromatic heterocycles. The second-order valence-corrected chi connectivity index (χ2v) is 4.48. The summed E-state index contributed by atoms with van der Waals surface area (Å²) in [6.07, 6.45) is 1.28. The predicted molar refractivity (Wildman–Crippen MR) is 71.3 cm³/mol. The SMILES string of the molecule is Cc1ccc(C(C)NC(=O)Cn2ccc(=O)[nH]c2=O)o1. The molecule has 0 saturated heterocycles. The van der Waals surface area contributed by atoms with E-state index in [1.165, 1.54) is 12.3 Å². The van der Waals surface area contributed by atoms with Gasteiger partial charge in [0.1, 0.15) is 18.1 Å². The van der Waals surface area contributed by atoms with E-state index in [2.05, 4.69) is 10.3 Å². The van der Waals surface area contributed by atoms with Gasteiger partial charge in [-0.15, -0.1) is 0 Å². The van der Waals surface area contributed by atoms with Gasteiger partial charge in [0.25, 0.3) is 5.56 Å². The molecule has 0 aliphatic carbocycles. The summed E-state index contributed by atoms with van der Waals surface area (Å²) in [6.45, 7) is 3.43. The van der Waals surface area contributed by atoms with Crippen LogP contribution in [0.2, 0.25) is 0 Å². The second kappa shape index (κ2) is 5.60. The zero-order chi connectivity index (χ0) is 14.7. The number of carbonyl (C=O) groups excluding carboxylic acids is 1. The van der Waals surface area contributed by atoms with Crippen molar-refractivity contribution in [2.75, 3.05) is 0 Å². The molecule has 2 N–H and O–H groups in total. The minimum atomic E-state index is -0.617. The highest BCUT2D eigenvalue weighted by Crippen LogP contribution is 2.15. The number of aromatic amines is 1. The van der Waals surface area contributed by atoms with Gasteiger partial charge in [0, 0.05) is 12.3 Å². The Morgan fingerprint density at radius 3 is 2.75 bits per heavy atom.